The highest BCUT2D eigenvalue weighted by Crippen LogP contribution is 2.34. The minimum Gasteiger partial charge on any atom is -0.347 e. The molecule has 0 aromatic heterocycles. The van der Waals surface area contributed by atoms with E-state index in [4.69, 9.17) is 0 Å². The molecule has 2 aromatic rings. The van der Waals surface area contributed by atoms with Crippen molar-refractivity contribution >= 4 is 18.2 Å². The Morgan fingerprint density at radius 3 is 2.52 bits per heavy atom. The molecule has 1 fully saturated rings. The van der Waals surface area contributed by atoms with Crippen LogP contribution in [-0.2, 0) is 6.42 Å². The van der Waals surface area contributed by atoms with Gasteiger partial charge in [0.2, 0.25) is 7.41 Å². The van der Waals surface area contributed by atoms with Crippen LogP contribution >= 0.6 is 0 Å². The first-order valence-corrected chi connectivity index (χ1v) is 7.67. The van der Waals surface area contributed by atoms with Gasteiger partial charge in [0.1, 0.15) is 0 Å². The lowest BCUT2D eigenvalue weighted by atomic mass is 9.73. The van der Waals surface area contributed by atoms with E-state index >= 15 is 0 Å². The topological polar surface area (TPSA) is 27.0 Å². The molecule has 0 unspecified atom stereocenters. The number of nitrogens with zero attached hydrogens (tertiary/aromatic N) is 2. The Morgan fingerprint density at radius 2 is 1.86 bits per heavy atom. The van der Waals surface area contributed by atoms with E-state index < -0.39 is 0 Å². The first kappa shape index (κ1) is 14.2. The van der Waals surface area contributed by atoms with Gasteiger partial charge >= 0.3 is 0 Å². The Balaban J connectivity index is 1.81. The van der Waals surface area contributed by atoms with E-state index in [1.165, 1.54) is 16.3 Å². The number of piperidine rings is 1. The van der Waals surface area contributed by atoms with Crippen LogP contribution < -0.4 is 0 Å². The molecule has 1 saturated heterocycles. The summed E-state index contributed by atoms with van der Waals surface area (Å²) in [5.74, 6) is 0. The fraction of sp³-hybridized carbons (Fsp3) is 0.389. The van der Waals surface area contributed by atoms with Crippen molar-refractivity contribution in [1.29, 1.82) is 5.26 Å². The van der Waals surface area contributed by atoms with Crippen LogP contribution in [0.4, 0.5) is 0 Å². The van der Waals surface area contributed by atoms with Gasteiger partial charge < -0.3 is 4.81 Å². The van der Waals surface area contributed by atoms with E-state index in [9.17, 15) is 5.26 Å². The molecule has 0 spiro atoms. The van der Waals surface area contributed by atoms with Crippen molar-refractivity contribution in [2.75, 3.05) is 13.1 Å². The third-order valence-corrected chi connectivity index (χ3v) is 4.71. The Morgan fingerprint density at radius 1 is 1.14 bits per heavy atom. The molecule has 0 atom stereocenters. The van der Waals surface area contributed by atoms with Crippen LogP contribution in [0, 0.1) is 16.7 Å². The molecule has 2 nitrogen and oxygen atoms in total. The van der Waals surface area contributed by atoms with Crippen LogP contribution in [0.1, 0.15) is 18.4 Å². The van der Waals surface area contributed by atoms with Crippen molar-refractivity contribution in [2.45, 2.75) is 26.1 Å². The highest BCUT2D eigenvalue weighted by atomic mass is 15.0. The lowest BCUT2D eigenvalue weighted by molar-refractivity contribution is 0.214. The third kappa shape index (κ3) is 2.96. The van der Waals surface area contributed by atoms with E-state index in [1.54, 1.807) is 0 Å². The number of rotatable bonds is 3. The third-order valence-electron chi connectivity index (χ3n) is 4.71. The summed E-state index contributed by atoms with van der Waals surface area (Å²) in [4.78, 5) is 2.32. The molecular weight excluding hydrogens is 255 g/mol. The highest BCUT2D eigenvalue weighted by Gasteiger charge is 2.34. The van der Waals surface area contributed by atoms with Crippen molar-refractivity contribution < 1.29 is 0 Å². The molecule has 1 heterocycles. The maximum atomic E-state index is 9.70. The molecule has 0 bridgehead atoms. The fourth-order valence-electron chi connectivity index (χ4n) is 3.28. The Hall–Kier alpha value is -1.79. The molecule has 21 heavy (non-hydrogen) atoms. The Bertz CT molecular complexity index is 666. The van der Waals surface area contributed by atoms with Crippen LogP contribution in [0.2, 0.25) is 6.82 Å². The molecule has 0 N–H and O–H groups in total. The quantitative estimate of drug-likeness (QED) is 0.799. The van der Waals surface area contributed by atoms with Crippen molar-refractivity contribution in [2.24, 2.45) is 5.41 Å². The number of hydrogen-bond donors (Lipinski definition) is 0. The molecule has 1 radical (unpaired) electrons. The highest BCUT2D eigenvalue weighted by molar-refractivity contribution is 6.29. The average Bonchev–Trinajstić information content (AvgIpc) is 2.55. The average molecular weight is 275 g/mol. The molecule has 1 aliphatic rings. The van der Waals surface area contributed by atoms with Crippen LogP contribution in [0.25, 0.3) is 10.8 Å². The van der Waals surface area contributed by atoms with Crippen LogP contribution in [0.15, 0.2) is 42.5 Å². The van der Waals surface area contributed by atoms with Gasteiger partial charge in [-0.2, -0.15) is 5.26 Å². The second kappa shape index (κ2) is 5.91. The van der Waals surface area contributed by atoms with Crippen molar-refractivity contribution in [1.82, 2.24) is 4.81 Å². The lowest BCUT2D eigenvalue weighted by Gasteiger charge is -2.37. The van der Waals surface area contributed by atoms with Crippen LogP contribution in [-0.4, -0.2) is 25.3 Å². The maximum absolute atomic E-state index is 9.70. The summed E-state index contributed by atoms with van der Waals surface area (Å²) in [6, 6.07) is 17.6. The summed E-state index contributed by atoms with van der Waals surface area (Å²) in [7, 11) is 2.14. The maximum Gasteiger partial charge on any atom is 0.205 e. The number of benzene rings is 2. The predicted octanol–water partition coefficient (Wildman–Crippen LogP) is 3.66. The van der Waals surface area contributed by atoms with Gasteiger partial charge in [-0.05, 0) is 48.7 Å². The zero-order valence-corrected chi connectivity index (χ0v) is 12.5. The van der Waals surface area contributed by atoms with Gasteiger partial charge in [0.05, 0.1) is 11.5 Å². The molecule has 3 rings (SSSR count). The second-order valence-electron chi connectivity index (χ2n) is 6.04. The van der Waals surface area contributed by atoms with Crippen molar-refractivity contribution in [3.05, 3.63) is 48.0 Å². The van der Waals surface area contributed by atoms with Gasteiger partial charge in [-0.15, -0.1) is 0 Å². The zero-order chi connectivity index (χ0) is 14.7. The lowest BCUT2D eigenvalue weighted by Crippen LogP contribution is -2.41. The van der Waals surface area contributed by atoms with E-state index in [-0.39, 0.29) is 5.41 Å². The summed E-state index contributed by atoms with van der Waals surface area (Å²) in [6.07, 6.45) is 2.78. The summed E-state index contributed by atoms with van der Waals surface area (Å²) < 4.78 is 0. The monoisotopic (exact) mass is 275 g/mol. The summed E-state index contributed by atoms with van der Waals surface area (Å²) >= 11 is 0. The molecule has 3 heteroatoms. The zero-order valence-electron chi connectivity index (χ0n) is 12.5. The van der Waals surface area contributed by atoms with Crippen molar-refractivity contribution in [3.63, 3.8) is 0 Å². The standard InChI is InChI=1S/C18H20BN2/c1-19-21-10-8-18(14-20,9-11-21)13-15-6-7-16-4-2-3-5-17(16)12-15/h2-7,12H,8-11,13H2,1H3. The van der Waals surface area contributed by atoms with E-state index in [1.807, 2.05) is 0 Å². The minimum absolute atomic E-state index is 0.192. The van der Waals surface area contributed by atoms with Gasteiger partial charge in [-0.1, -0.05) is 49.3 Å². The van der Waals surface area contributed by atoms with Crippen LogP contribution in [0.5, 0.6) is 0 Å². The largest absolute Gasteiger partial charge is 0.347 e. The van der Waals surface area contributed by atoms with E-state index in [2.05, 4.69) is 67.6 Å². The molecule has 0 saturated carbocycles. The van der Waals surface area contributed by atoms with Gasteiger partial charge in [-0.3, -0.25) is 0 Å². The van der Waals surface area contributed by atoms with Gasteiger partial charge in [0, 0.05) is 0 Å². The van der Waals surface area contributed by atoms with Crippen molar-refractivity contribution in [3.8, 4) is 6.07 Å². The molecule has 105 valence electrons. The summed E-state index contributed by atoms with van der Waals surface area (Å²) in [5.41, 5.74) is 1.09. The minimum atomic E-state index is -0.192. The fourth-order valence-corrected chi connectivity index (χ4v) is 3.28. The van der Waals surface area contributed by atoms with Gasteiger partial charge in [0.15, 0.2) is 0 Å². The summed E-state index contributed by atoms with van der Waals surface area (Å²) in [5, 5.41) is 12.2. The predicted molar refractivity (Wildman–Crippen MR) is 88.1 cm³/mol. The first-order valence-electron chi connectivity index (χ1n) is 7.67. The summed E-state index contributed by atoms with van der Waals surface area (Å²) in [6.45, 7) is 4.07. The number of fused-ring (bicyclic) bond motifs is 1. The molecular formula is C18H20BN2. The first-order chi connectivity index (χ1) is 10.2. The second-order valence-corrected chi connectivity index (χ2v) is 6.04. The smallest absolute Gasteiger partial charge is 0.205 e. The van der Waals surface area contributed by atoms with E-state index in [0.717, 1.165) is 32.4 Å². The Kier molecular flexibility index (Phi) is 3.99. The molecule has 2 aromatic carbocycles. The van der Waals surface area contributed by atoms with Crippen LogP contribution in [0.3, 0.4) is 0 Å². The van der Waals surface area contributed by atoms with Gasteiger partial charge in [0.25, 0.3) is 0 Å². The van der Waals surface area contributed by atoms with Gasteiger partial charge in [-0.25, -0.2) is 0 Å². The SMILES string of the molecule is C[B]N1CCC(C#N)(Cc2ccc3ccccc3c2)CC1. The van der Waals surface area contributed by atoms with E-state index in [0.29, 0.717) is 0 Å². The number of hydrogen-bond acceptors (Lipinski definition) is 2. The molecule has 0 amide bonds. The molecule has 0 aliphatic carbocycles. The Labute approximate surface area is 127 Å². The number of nitriles is 1. The molecule has 1 aliphatic heterocycles. The normalized spacial score (nSPS) is 18.3.